The Hall–Kier alpha value is -4.60. The van der Waals surface area contributed by atoms with Crippen molar-refractivity contribution in [1.29, 1.82) is 0 Å². The SMILES string of the molecule is COc1ccc(C(C(=O)NC2CCCCC2)N(C(=O)CCCC(=O)Nc2ccccn2)c2cc(OC)ccc2OC)cc1. The monoisotopic (exact) mass is 588 g/mol. The van der Waals surface area contributed by atoms with E-state index in [-0.39, 0.29) is 43.0 Å². The maximum absolute atomic E-state index is 14.2. The average molecular weight is 589 g/mol. The molecule has 1 atom stereocenters. The molecule has 1 unspecified atom stereocenters. The van der Waals surface area contributed by atoms with Crippen molar-refractivity contribution in [2.24, 2.45) is 0 Å². The van der Waals surface area contributed by atoms with Gasteiger partial charge in [-0.25, -0.2) is 4.98 Å². The standard InChI is InChI=1S/C33H40N4O6/c1-41-25-17-15-23(16-18-25)32(33(40)35-24-10-5-4-6-11-24)37(27-22-26(42-2)19-20-28(27)43-3)31(39)14-9-13-30(38)36-29-12-7-8-21-34-29/h7-8,12,15-22,24,32H,4-6,9-11,13-14H2,1-3H3,(H,35,40)(H,34,36,38). The number of anilines is 2. The number of hydrogen-bond acceptors (Lipinski definition) is 7. The van der Waals surface area contributed by atoms with Crippen molar-refractivity contribution in [3.8, 4) is 17.2 Å². The zero-order chi connectivity index (χ0) is 30.6. The largest absolute Gasteiger partial charge is 0.497 e. The summed E-state index contributed by atoms with van der Waals surface area (Å²) in [6, 6.07) is 16.5. The van der Waals surface area contributed by atoms with Crippen LogP contribution in [-0.2, 0) is 14.4 Å². The Kier molecular flexibility index (Phi) is 11.4. The fourth-order valence-corrected chi connectivity index (χ4v) is 5.30. The summed E-state index contributed by atoms with van der Waals surface area (Å²) in [5.41, 5.74) is 1.00. The molecule has 0 bridgehead atoms. The quantitative estimate of drug-likeness (QED) is 0.273. The highest BCUT2D eigenvalue weighted by atomic mass is 16.5. The number of rotatable bonds is 13. The first kappa shape index (κ1) is 31.3. The van der Waals surface area contributed by atoms with Crippen LogP contribution in [0.15, 0.2) is 66.9 Å². The van der Waals surface area contributed by atoms with Crippen LogP contribution in [0, 0.1) is 0 Å². The van der Waals surface area contributed by atoms with Gasteiger partial charge in [0.15, 0.2) is 0 Å². The number of carbonyl (C=O) groups excluding carboxylic acids is 3. The Balaban J connectivity index is 1.67. The summed E-state index contributed by atoms with van der Waals surface area (Å²) < 4.78 is 16.5. The van der Waals surface area contributed by atoms with Gasteiger partial charge in [0.25, 0.3) is 0 Å². The Morgan fingerprint density at radius 3 is 2.26 bits per heavy atom. The third-order valence-electron chi connectivity index (χ3n) is 7.53. The normalized spacial score (nSPS) is 13.8. The number of nitrogens with zero attached hydrogens (tertiary/aromatic N) is 2. The predicted octanol–water partition coefficient (Wildman–Crippen LogP) is 5.44. The molecule has 3 amide bonds. The first-order valence-corrected chi connectivity index (χ1v) is 14.6. The van der Waals surface area contributed by atoms with Crippen LogP contribution in [0.3, 0.4) is 0 Å². The maximum atomic E-state index is 14.2. The van der Waals surface area contributed by atoms with E-state index in [1.54, 1.807) is 74.0 Å². The van der Waals surface area contributed by atoms with E-state index in [9.17, 15) is 14.4 Å². The van der Waals surface area contributed by atoms with Crippen LogP contribution in [0.25, 0.3) is 0 Å². The van der Waals surface area contributed by atoms with Gasteiger partial charge >= 0.3 is 0 Å². The predicted molar refractivity (Wildman–Crippen MR) is 165 cm³/mol. The summed E-state index contributed by atoms with van der Waals surface area (Å²) in [6.45, 7) is 0. The minimum absolute atomic E-state index is 0.0133. The van der Waals surface area contributed by atoms with Crippen molar-refractivity contribution in [3.63, 3.8) is 0 Å². The van der Waals surface area contributed by atoms with Crippen LogP contribution in [-0.4, -0.2) is 50.1 Å². The lowest BCUT2D eigenvalue weighted by Crippen LogP contribution is -2.47. The van der Waals surface area contributed by atoms with Crippen LogP contribution in [0.5, 0.6) is 17.2 Å². The van der Waals surface area contributed by atoms with E-state index in [0.717, 1.165) is 32.1 Å². The van der Waals surface area contributed by atoms with Gasteiger partial charge in [-0.15, -0.1) is 0 Å². The number of ether oxygens (including phenoxy) is 3. The first-order valence-electron chi connectivity index (χ1n) is 14.6. The van der Waals surface area contributed by atoms with Gasteiger partial charge in [0, 0.05) is 31.1 Å². The van der Waals surface area contributed by atoms with Gasteiger partial charge in [0.05, 0.1) is 27.0 Å². The van der Waals surface area contributed by atoms with Crippen LogP contribution in [0.4, 0.5) is 11.5 Å². The Morgan fingerprint density at radius 1 is 0.884 bits per heavy atom. The number of amides is 3. The Labute approximate surface area is 252 Å². The first-order chi connectivity index (χ1) is 20.9. The second-order valence-electron chi connectivity index (χ2n) is 10.4. The van der Waals surface area contributed by atoms with Crippen molar-refractivity contribution in [3.05, 3.63) is 72.4 Å². The molecule has 228 valence electrons. The second-order valence-corrected chi connectivity index (χ2v) is 10.4. The van der Waals surface area contributed by atoms with Gasteiger partial charge in [-0.3, -0.25) is 19.3 Å². The van der Waals surface area contributed by atoms with Crippen molar-refractivity contribution in [1.82, 2.24) is 10.3 Å². The lowest BCUT2D eigenvalue weighted by molar-refractivity contribution is -0.127. The third kappa shape index (κ3) is 8.47. The zero-order valence-electron chi connectivity index (χ0n) is 25.0. The van der Waals surface area contributed by atoms with Crippen LogP contribution in [0.2, 0.25) is 0 Å². The summed E-state index contributed by atoms with van der Waals surface area (Å²) >= 11 is 0. The number of hydrogen-bond donors (Lipinski definition) is 2. The summed E-state index contributed by atoms with van der Waals surface area (Å²) in [5, 5.41) is 5.96. The summed E-state index contributed by atoms with van der Waals surface area (Å²) in [6.07, 6.45) is 7.00. The number of carbonyl (C=O) groups is 3. The van der Waals surface area contributed by atoms with E-state index in [2.05, 4.69) is 15.6 Å². The average Bonchev–Trinajstić information content (AvgIpc) is 3.04. The minimum Gasteiger partial charge on any atom is -0.497 e. The topological polar surface area (TPSA) is 119 Å². The number of methoxy groups -OCH3 is 3. The molecule has 0 spiro atoms. The summed E-state index contributed by atoms with van der Waals surface area (Å²) in [5.74, 6) is 1.11. The fraction of sp³-hybridized carbons (Fsp3) is 0.394. The molecule has 1 fully saturated rings. The molecule has 0 saturated heterocycles. The van der Waals surface area contributed by atoms with Gasteiger partial charge < -0.3 is 24.8 Å². The van der Waals surface area contributed by atoms with E-state index in [0.29, 0.717) is 34.3 Å². The molecular formula is C33H40N4O6. The molecule has 10 heteroatoms. The number of pyridine rings is 1. The Bertz CT molecular complexity index is 1360. The third-order valence-corrected chi connectivity index (χ3v) is 7.53. The molecule has 1 heterocycles. The molecule has 1 aromatic heterocycles. The molecule has 1 aliphatic carbocycles. The molecule has 0 radical (unpaired) electrons. The number of benzene rings is 2. The molecule has 10 nitrogen and oxygen atoms in total. The lowest BCUT2D eigenvalue weighted by atomic mass is 9.94. The van der Waals surface area contributed by atoms with Gasteiger partial charge in [-0.05, 0) is 61.2 Å². The van der Waals surface area contributed by atoms with Crippen molar-refractivity contribution >= 4 is 29.2 Å². The second kappa shape index (κ2) is 15.6. The molecule has 1 aliphatic rings. The van der Waals surface area contributed by atoms with Gasteiger partial charge in [0.2, 0.25) is 17.7 Å². The molecule has 3 aromatic rings. The van der Waals surface area contributed by atoms with Crippen molar-refractivity contribution in [2.45, 2.75) is 63.5 Å². The maximum Gasteiger partial charge on any atom is 0.248 e. The van der Waals surface area contributed by atoms with E-state index in [1.165, 1.54) is 19.1 Å². The van der Waals surface area contributed by atoms with E-state index in [1.807, 2.05) is 0 Å². The lowest BCUT2D eigenvalue weighted by Gasteiger charge is -2.34. The van der Waals surface area contributed by atoms with Crippen LogP contribution < -0.4 is 29.7 Å². The highest BCUT2D eigenvalue weighted by molar-refractivity contribution is 6.03. The van der Waals surface area contributed by atoms with Crippen LogP contribution >= 0.6 is 0 Å². The number of nitrogens with one attached hydrogen (secondary N) is 2. The van der Waals surface area contributed by atoms with E-state index >= 15 is 0 Å². The van der Waals surface area contributed by atoms with Gasteiger partial charge in [0.1, 0.15) is 29.1 Å². The molecule has 2 aromatic carbocycles. The smallest absolute Gasteiger partial charge is 0.248 e. The molecule has 2 N–H and O–H groups in total. The summed E-state index contributed by atoms with van der Waals surface area (Å²) in [4.78, 5) is 46.5. The number of aromatic nitrogens is 1. The Morgan fingerprint density at radius 2 is 1.60 bits per heavy atom. The summed E-state index contributed by atoms with van der Waals surface area (Å²) in [7, 11) is 4.62. The van der Waals surface area contributed by atoms with Crippen molar-refractivity contribution < 1.29 is 28.6 Å². The molecule has 4 rings (SSSR count). The van der Waals surface area contributed by atoms with Crippen molar-refractivity contribution in [2.75, 3.05) is 31.5 Å². The van der Waals surface area contributed by atoms with Gasteiger partial charge in [-0.1, -0.05) is 37.5 Å². The minimum atomic E-state index is -1.01. The highest BCUT2D eigenvalue weighted by Crippen LogP contribution is 2.39. The molecule has 0 aliphatic heterocycles. The molecule has 1 saturated carbocycles. The zero-order valence-corrected chi connectivity index (χ0v) is 25.0. The fourth-order valence-electron chi connectivity index (χ4n) is 5.30. The van der Waals surface area contributed by atoms with E-state index < -0.39 is 6.04 Å². The van der Waals surface area contributed by atoms with E-state index in [4.69, 9.17) is 14.2 Å². The van der Waals surface area contributed by atoms with Gasteiger partial charge in [-0.2, -0.15) is 0 Å². The molecule has 43 heavy (non-hydrogen) atoms. The van der Waals surface area contributed by atoms with Crippen LogP contribution in [0.1, 0.15) is 63.0 Å². The highest BCUT2D eigenvalue weighted by Gasteiger charge is 2.35. The molecular weight excluding hydrogens is 548 g/mol.